The van der Waals surface area contributed by atoms with Crippen LogP contribution in [0.4, 0.5) is 0 Å². The second-order valence-electron chi connectivity index (χ2n) is 5.84. The quantitative estimate of drug-likeness (QED) is 0.404. The molecule has 5 heteroatoms. The normalized spacial score (nSPS) is 11.8. The summed E-state index contributed by atoms with van der Waals surface area (Å²) in [5.74, 6) is 0.518. The van der Waals surface area contributed by atoms with Crippen LogP contribution >= 0.6 is 11.6 Å². The highest BCUT2D eigenvalue weighted by atomic mass is 35.5. The molecule has 0 saturated heterocycles. The fourth-order valence-electron chi connectivity index (χ4n) is 2.78. The number of H-pyrrole nitrogens is 1. The number of aromatic nitrogens is 3. The predicted molar refractivity (Wildman–Crippen MR) is 101 cm³/mol. The number of benzene rings is 2. The first-order chi connectivity index (χ1) is 12.1. The number of nitriles is 1. The van der Waals surface area contributed by atoms with Gasteiger partial charge >= 0.3 is 0 Å². The van der Waals surface area contributed by atoms with Crippen molar-refractivity contribution in [1.29, 1.82) is 5.26 Å². The van der Waals surface area contributed by atoms with Crippen molar-refractivity contribution in [2.24, 2.45) is 0 Å². The first kappa shape index (κ1) is 15.4. The van der Waals surface area contributed by atoms with Crippen LogP contribution in [0.3, 0.4) is 0 Å². The molecular weight excluding hydrogens is 332 g/mol. The third-order valence-corrected chi connectivity index (χ3v) is 4.32. The van der Waals surface area contributed by atoms with Crippen molar-refractivity contribution in [3.05, 3.63) is 70.6 Å². The maximum absolute atomic E-state index is 9.57. The van der Waals surface area contributed by atoms with E-state index in [1.807, 2.05) is 55.5 Å². The number of imidazole rings is 1. The van der Waals surface area contributed by atoms with Gasteiger partial charge in [0.15, 0.2) is 0 Å². The van der Waals surface area contributed by atoms with Gasteiger partial charge in [0.2, 0.25) is 0 Å². The SMILES string of the molecule is Cc1ccc2nc(Cl)c(C=C(C#N)c3nc4ccccc4[nH]3)cc2c1. The van der Waals surface area contributed by atoms with Gasteiger partial charge in [0.25, 0.3) is 0 Å². The summed E-state index contributed by atoms with van der Waals surface area (Å²) in [7, 11) is 0. The molecule has 1 N–H and O–H groups in total. The lowest BCUT2D eigenvalue weighted by atomic mass is 10.1. The number of pyridine rings is 1. The molecule has 25 heavy (non-hydrogen) atoms. The lowest BCUT2D eigenvalue weighted by Crippen LogP contribution is -1.89. The second kappa shape index (κ2) is 6.04. The number of halogens is 1. The molecule has 0 aliphatic heterocycles. The Bertz CT molecular complexity index is 1150. The summed E-state index contributed by atoms with van der Waals surface area (Å²) in [6.45, 7) is 2.03. The first-order valence-corrected chi connectivity index (χ1v) is 8.16. The molecule has 0 unspecified atom stereocenters. The van der Waals surface area contributed by atoms with E-state index in [1.165, 1.54) is 0 Å². The van der Waals surface area contributed by atoms with Crippen LogP contribution in [0.25, 0.3) is 33.6 Å². The highest BCUT2D eigenvalue weighted by molar-refractivity contribution is 6.31. The van der Waals surface area contributed by atoms with E-state index in [2.05, 4.69) is 21.0 Å². The van der Waals surface area contributed by atoms with Gasteiger partial charge in [0.05, 0.1) is 22.1 Å². The predicted octanol–water partition coefficient (Wildman–Crippen LogP) is 5.14. The number of rotatable bonds is 2. The van der Waals surface area contributed by atoms with E-state index in [-0.39, 0.29) is 0 Å². The number of fused-ring (bicyclic) bond motifs is 2. The number of aryl methyl sites for hydroxylation is 1. The number of para-hydroxylation sites is 2. The van der Waals surface area contributed by atoms with Crippen LogP contribution in [0, 0.1) is 18.3 Å². The highest BCUT2D eigenvalue weighted by Gasteiger charge is 2.10. The minimum atomic E-state index is 0.361. The summed E-state index contributed by atoms with van der Waals surface area (Å²) in [6, 6.07) is 17.8. The number of hydrogen-bond acceptors (Lipinski definition) is 3. The van der Waals surface area contributed by atoms with Gasteiger partial charge in [-0.3, -0.25) is 0 Å². The Balaban J connectivity index is 1.86. The van der Waals surface area contributed by atoms with E-state index in [9.17, 15) is 5.26 Å². The fraction of sp³-hybridized carbons (Fsp3) is 0.0500. The fourth-order valence-corrected chi connectivity index (χ4v) is 2.98. The van der Waals surface area contributed by atoms with Crippen molar-refractivity contribution in [3.8, 4) is 6.07 Å². The van der Waals surface area contributed by atoms with Crippen LogP contribution in [0.2, 0.25) is 5.15 Å². The Hall–Kier alpha value is -3.16. The Morgan fingerprint density at radius 2 is 1.96 bits per heavy atom. The Morgan fingerprint density at radius 1 is 1.12 bits per heavy atom. The van der Waals surface area contributed by atoms with Crippen molar-refractivity contribution in [2.75, 3.05) is 0 Å². The number of aromatic amines is 1. The van der Waals surface area contributed by atoms with Crippen LogP contribution in [-0.4, -0.2) is 15.0 Å². The monoisotopic (exact) mass is 344 g/mol. The van der Waals surface area contributed by atoms with Crippen LogP contribution < -0.4 is 0 Å². The van der Waals surface area contributed by atoms with Crippen LogP contribution in [0.1, 0.15) is 17.0 Å². The topological polar surface area (TPSA) is 65.4 Å². The van der Waals surface area contributed by atoms with E-state index in [0.717, 1.165) is 27.5 Å². The molecule has 0 saturated carbocycles. The standard InChI is InChI=1S/C20H13ClN4/c1-12-6-7-16-13(8-12)9-14(19(21)23-16)10-15(11-22)20-24-17-4-2-3-5-18(17)25-20/h2-10H,1H3,(H,24,25). The van der Waals surface area contributed by atoms with Crippen LogP contribution in [0.5, 0.6) is 0 Å². The third-order valence-electron chi connectivity index (χ3n) is 4.02. The van der Waals surface area contributed by atoms with Gasteiger partial charge in [-0.2, -0.15) is 5.26 Å². The minimum Gasteiger partial charge on any atom is -0.337 e. The first-order valence-electron chi connectivity index (χ1n) is 7.78. The molecule has 0 atom stereocenters. The van der Waals surface area contributed by atoms with Gasteiger partial charge in [0.1, 0.15) is 17.0 Å². The minimum absolute atomic E-state index is 0.361. The van der Waals surface area contributed by atoms with E-state index in [1.54, 1.807) is 6.08 Å². The molecular formula is C20H13ClN4. The maximum atomic E-state index is 9.57. The molecule has 0 radical (unpaired) electrons. The zero-order valence-corrected chi connectivity index (χ0v) is 14.2. The molecule has 4 rings (SSSR count). The molecule has 0 fully saturated rings. The van der Waals surface area contributed by atoms with Crippen molar-refractivity contribution in [2.45, 2.75) is 6.92 Å². The number of hydrogen-bond donors (Lipinski definition) is 1. The third kappa shape index (κ3) is 2.86. The van der Waals surface area contributed by atoms with Gasteiger partial charge in [-0.05, 0) is 43.3 Å². The zero-order valence-electron chi connectivity index (χ0n) is 13.4. The summed E-state index contributed by atoms with van der Waals surface area (Å²) < 4.78 is 0. The molecule has 0 amide bonds. The van der Waals surface area contributed by atoms with E-state index in [0.29, 0.717) is 22.1 Å². The summed E-state index contributed by atoms with van der Waals surface area (Å²) >= 11 is 6.31. The van der Waals surface area contributed by atoms with E-state index >= 15 is 0 Å². The molecule has 120 valence electrons. The molecule has 0 aliphatic carbocycles. The second-order valence-corrected chi connectivity index (χ2v) is 6.19. The van der Waals surface area contributed by atoms with E-state index < -0.39 is 0 Å². The molecule has 2 heterocycles. The molecule has 0 aliphatic rings. The molecule has 0 bridgehead atoms. The lowest BCUT2D eigenvalue weighted by Gasteiger charge is -2.04. The number of allylic oxidation sites excluding steroid dienone is 1. The molecule has 0 spiro atoms. The summed E-state index contributed by atoms with van der Waals surface area (Å²) in [5, 5.41) is 10.9. The smallest absolute Gasteiger partial charge is 0.149 e. The average molecular weight is 345 g/mol. The number of nitrogens with zero attached hydrogens (tertiary/aromatic N) is 3. The van der Waals surface area contributed by atoms with Gasteiger partial charge in [-0.15, -0.1) is 0 Å². The van der Waals surface area contributed by atoms with Crippen LogP contribution in [-0.2, 0) is 0 Å². The lowest BCUT2D eigenvalue weighted by molar-refractivity contribution is 1.27. The Labute approximate surface area is 149 Å². The summed E-state index contributed by atoms with van der Waals surface area (Å²) in [5.41, 5.74) is 4.78. The average Bonchev–Trinajstić information content (AvgIpc) is 3.04. The molecule has 4 aromatic rings. The van der Waals surface area contributed by atoms with Gasteiger partial charge in [-0.1, -0.05) is 35.4 Å². The Kier molecular flexibility index (Phi) is 3.72. The van der Waals surface area contributed by atoms with E-state index in [4.69, 9.17) is 11.6 Å². The summed E-state index contributed by atoms with van der Waals surface area (Å²) in [4.78, 5) is 12.1. The van der Waals surface area contributed by atoms with Crippen molar-refractivity contribution in [3.63, 3.8) is 0 Å². The number of nitrogens with one attached hydrogen (secondary N) is 1. The highest BCUT2D eigenvalue weighted by Crippen LogP contribution is 2.26. The largest absolute Gasteiger partial charge is 0.337 e. The van der Waals surface area contributed by atoms with Crippen molar-refractivity contribution >= 4 is 45.2 Å². The zero-order chi connectivity index (χ0) is 17.4. The van der Waals surface area contributed by atoms with Gasteiger partial charge in [-0.25, -0.2) is 9.97 Å². The molecule has 2 aromatic heterocycles. The van der Waals surface area contributed by atoms with Gasteiger partial charge < -0.3 is 4.98 Å². The Morgan fingerprint density at radius 3 is 2.76 bits per heavy atom. The maximum Gasteiger partial charge on any atom is 0.149 e. The van der Waals surface area contributed by atoms with Crippen molar-refractivity contribution < 1.29 is 0 Å². The molecule has 4 nitrogen and oxygen atoms in total. The van der Waals surface area contributed by atoms with Crippen molar-refractivity contribution in [1.82, 2.24) is 15.0 Å². The van der Waals surface area contributed by atoms with Gasteiger partial charge in [0, 0.05) is 10.9 Å². The van der Waals surface area contributed by atoms with Crippen LogP contribution in [0.15, 0.2) is 48.5 Å². The molecule has 2 aromatic carbocycles. The summed E-state index contributed by atoms with van der Waals surface area (Å²) in [6.07, 6.45) is 1.72.